The van der Waals surface area contributed by atoms with Crippen LogP contribution >= 0.6 is 27.5 Å². The zero-order valence-electron chi connectivity index (χ0n) is 17.7. The van der Waals surface area contributed by atoms with Gasteiger partial charge in [-0.25, -0.2) is 4.98 Å². The number of rotatable bonds is 6. The molecule has 1 aliphatic carbocycles. The van der Waals surface area contributed by atoms with Crippen LogP contribution in [0.4, 0.5) is 5.69 Å². The first kappa shape index (κ1) is 22.8. The van der Waals surface area contributed by atoms with Gasteiger partial charge in [0.2, 0.25) is 0 Å². The fourth-order valence-electron chi connectivity index (χ4n) is 3.95. The highest BCUT2D eigenvalue weighted by Gasteiger charge is 2.24. The largest absolute Gasteiger partial charge is 0.495 e. The molecule has 0 aliphatic heterocycles. The lowest BCUT2D eigenvalue weighted by molar-refractivity contribution is 0.0946. The van der Waals surface area contributed by atoms with E-state index in [1.165, 1.54) is 0 Å². The minimum atomic E-state index is -0.291. The number of aromatic nitrogens is 2. The second-order valence-electron chi connectivity index (χ2n) is 7.93. The third kappa shape index (κ3) is 4.98. The van der Waals surface area contributed by atoms with Gasteiger partial charge < -0.3 is 21.1 Å². The van der Waals surface area contributed by atoms with Crippen LogP contribution in [0.25, 0.3) is 10.9 Å². The molecule has 4 N–H and O–H groups in total. The number of hydrogen-bond donors (Lipinski definition) is 3. The second kappa shape index (κ2) is 10.0. The van der Waals surface area contributed by atoms with E-state index in [0.717, 1.165) is 36.6 Å². The van der Waals surface area contributed by atoms with Crippen molar-refractivity contribution in [3.8, 4) is 5.75 Å². The highest BCUT2D eigenvalue weighted by molar-refractivity contribution is 9.10. The summed E-state index contributed by atoms with van der Waals surface area (Å²) in [6.07, 6.45) is 5.51. The zero-order valence-corrected chi connectivity index (χ0v) is 20.0. The molecule has 32 heavy (non-hydrogen) atoms. The van der Waals surface area contributed by atoms with E-state index in [4.69, 9.17) is 22.1 Å². The lowest BCUT2D eigenvalue weighted by Crippen LogP contribution is -2.34. The average molecular weight is 519 g/mol. The molecule has 1 fully saturated rings. The number of anilines is 1. The Labute approximate surface area is 200 Å². The van der Waals surface area contributed by atoms with Crippen molar-refractivity contribution in [1.29, 1.82) is 0 Å². The maximum Gasteiger partial charge on any atom is 0.272 e. The molecule has 1 aromatic carbocycles. The zero-order chi connectivity index (χ0) is 22.7. The molecule has 1 amide bonds. The molecule has 0 spiro atoms. The van der Waals surface area contributed by atoms with Gasteiger partial charge in [-0.05, 0) is 71.4 Å². The van der Waals surface area contributed by atoms with E-state index in [2.05, 4.69) is 36.5 Å². The molecule has 3 aromatic rings. The molecule has 0 atom stereocenters. The minimum absolute atomic E-state index is 0.218. The third-order valence-electron chi connectivity index (χ3n) is 5.72. The number of methoxy groups -OCH3 is 1. The summed E-state index contributed by atoms with van der Waals surface area (Å²) in [6, 6.07) is 9.66. The molecule has 0 saturated heterocycles. The van der Waals surface area contributed by atoms with Crippen molar-refractivity contribution in [2.75, 3.05) is 12.4 Å². The fraction of sp³-hybridized carbons (Fsp3) is 0.348. The smallest absolute Gasteiger partial charge is 0.272 e. The summed E-state index contributed by atoms with van der Waals surface area (Å²) < 4.78 is 5.76. The van der Waals surface area contributed by atoms with Gasteiger partial charge in [0, 0.05) is 30.2 Å². The molecule has 1 saturated carbocycles. The monoisotopic (exact) mass is 517 g/mol. The molecule has 0 bridgehead atoms. The van der Waals surface area contributed by atoms with Gasteiger partial charge in [0.25, 0.3) is 5.91 Å². The molecule has 0 unspecified atom stereocenters. The first-order valence-electron chi connectivity index (χ1n) is 10.5. The summed E-state index contributed by atoms with van der Waals surface area (Å²) in [7, 11) is 1.56. The van der Waals surface area contributed by atoms with Crippen LogP contribution in [0.15, 0.2) is 41.1 Å². The molecule has 2 aromatic heterocycles. The van der Waals surface area contributed by atoms with Crippen molar-refractivity contribution in [3.05, 3.63) is 57.4 Å². The predicted octanol–water partition coefficient (Wildman–Crippen LogP) is 4.67. The Balaban J connectivity index is 1.61. The summed E-state index contributed by atoms with van der Waals surface area (Å²) in [6.45, 7) is 0.305. The number of fused-ring (bicyclic) bond motifs is 1. The first-order valence-corrected chi connectivity index (χ1v) is 11.7. The molecule has 7 nitrogen and oxygen atoms in total. The number of carbonyl (C=O) groups is 1. The Morgan fingerprint density at radius 2 is 2.06 bits per heavy atom. The highest BCUT2D eigenvalue weighted by Crippen LogP contribution is 2.32. The van der Waals surface area contributed by atoms with Crippen LogP contribution < -0.4 is 21.1 Å². The molecule has 2 heterocycles. The van der Waals surface area contributed by atoms with Gasteiger partial charge in [0.15, 0.2) is 5.69 Å². The van der Waals surface area contributed by atoms with E-state index >= 15 is 0 Å². The van der Waals surface area contributed by atoms with Gasteiger partial charge in [-0.1, -0.05) is 17.7 Å². The van der Waals surface area contributed by atoms with Crippen molar-refractivity contribution in [1.82, 2.24) is 15.3 Å². The second-order valence-corrected chi connectivity index (χ2v) is 9.09. The maximum absolute atomic E-state index is 13.2. The summed E-state index contributed by atoms with van der Waals surface area (Å²) in [5.74, 6) is 0.298. The van der Waals surface area contributed by atoms with E-state index in [1.54, 1.807) is 25.4 Å². The van der Waals surface area contributed by atoms with Gasteiger partial charge in [-0.3, -0.25) is 9.78 Å². The number of nitrogens with two attached hydrogens (primary N) is 1. The predicted molar refractivity (Wildman–Crippen MR) is 130 cm³/mol. The number of hydrogen-bond acceptors (Lipinski definition) is 6. The van der Waals surface area contributed by atoms with E-state index in [-0.39, 0.29) is 18.0 Å². The van der Waals surface area contributed by atoms with Crippen LogP contribution in [0.3, 0.4) is 0 Å². The van der Waals surface area contributed by atoms with E-state index in [9.17, 15) is 4.79 Å². The van der Waals surface area contributed by atoms with Gasteiger partial charge in [0.1, 0.15) is 10.4 Å². The Hall–Kier alpha value is -2.42. The van der Waals surface area contributed by atoms with Crippen LogP contribution in [0.5, 0.6) is 5.75 Å². The normalized spacial score (nSPS) is 18.4. The average Bonchev–Trinajstić information content (AvgIpc) is 2.80. The Morgan fingerprint density at radius 1 is 1.28 bits per heavy atom. The Kier molecular flexibility index (Phi) is 7.13. The van der Waals surface area contributed by atoms with Crippen molar-refractivity contribution in [2.45, 2.75) is 44.3 Å². The standard InChI is InChI=1S/C23H25BrClN5O2/c1-32-18-9-4-13(11-17(18)25)12-28-23(31)21-20(29-15-7-5-14(26)6-8-15)19-16(22(24)30-21)3-2-10-27-19/h2-4,9-11,14-15,29H,5-8,12,26H2,1H3,(H,28,31). The van der Waals surface area contributed by atoms with Crippen LogP contribution in [0.1, 0.15) is 41.7 Å². The molecule has 0 radical (unpaired) electrons. The number of carbonyl (C=O) groups excluding carboxylic acids is 1. The van der Waals surface area contributed by atoms with Crippen LogP contribution in [-0.4, -0.2) is 35.1 Å². The van der Waals surface area contributed by atoms with Crippen LogP contribution in [0.2, 0.25) is 5.02 Å². The summed E-state index contributed by atoms with van der Waals surface area (Å²) in [4.78, 5) is 22.3. The molecular weight excluding hydrogens is 494 g/mol. The van der Waals surface area contributed by atoms with E-state index in [1.807, 2.05) is 18.2 Å². The third-order valence-corrected chi connectivity index (χ3v) is 6.62. The Morgan fingerprint density at radius 3 is 2.78 bits per heavy atom. The van der Waals surface area contributed by atoms with E-state index in [0.29, 0.717) is 38.8 Å². The number of pyridine rings is 2. The maximum atomic E-state index is 13.2. The Bertz CT molecular complexity index is 1130. The summed E-state index contributed by atoms with van der Waals surface area (Å²) in [5.41, 5.74) is 8.58. The number of nitrogens with one attached hydrogen (secondary N) is 2. The minimum Gasteiger partial charge on any atom is -0.495 e. The van der Waals surface area contributed by atoms with Gasteiger partial charge in [-0.2, -0.15) is 0 Å². The SMILES string of the molecule is COc1ccc(CNC(=O)c2nc(Br)c3cccnc3c2NC2CCC(N)CC2)cc1Cl. The van der Waals surface area contributed by atoms with Crippen molar-refractivity contribution < 1.29 is 9.53 Å². The molecule has 168 valence electrons. The fourth-order valence-corrected chi connectivity index (χ4v) is 4.73. The number of amides is 1. The number of nitrogens with zero attached hydrogens (tertiary/aromatic N) is 2. The molecule has 1 aliphatic rings. The molecular formula is C23H25BrClN5O2. The van der Waals surface area contributed by atoms with Crippen molar-refractivity contribution >= 4 is 50.0 Å². The highest BCUT2D eigenvalue weighted by atomic mass is 79.9. The van der Waals surface area contributed by atoms with Crippen LogP contribution in [-0.2, 0) is 6.54 Å². The van der Waals surface area contributed by atoms with E-state index < -0.39 is 0 Å². The number of ether oxygens (including phenoxy) is 1. The lowest BCUT2D eigenvalue weighted by Gasteiger charge is -2.28. The van der Waals surface area contributed by atoms with Gasteiger partial charge >= 0.3 is 0 Å². The van der Waals surface area contributed by atoms with Gasteiger partial charge in [0.05, 0.1) is 23.3 Å². The topological polar surface area (TPSA) is 102 Å². The van der Waals surface area contributed by atoms with Gasteiger partial charge in [-0.15, -0.1) is 0 Å². The van der Waals surface area contributed by atoms with Crippen molar-refractivity contribution in [3.63, 3.8) is 0 Å². The summed E-state index contributed by atoms with van der Waals surface area (Å²) >= 11 is 9.71. The number of halogens is 2. The first-order chi connectivity index (χ1) is 15.5. The lowest BCUT2D eigenvalue weighted by atomic mass is 9.91. The van der Waals surface area contributed by atoms with Crippen LogP contribution in [0, 0.1) is 0 Å². The summed E-state index contributed by atoms with van der Waals surface area (Å²) in [5, 5.41) is 7.83. The molecule has 4 rings (SSSR count). The molecule has 9 heteroatoms. The quantitative estimate of drug-likeness (QED) is 0.410. The van der Waals surface area contributed by atoms with Crippen molar-refractivity contribution in [2.24, 2.45) is 5.73 Å². The number of benzene rings is 1.